The van der Waals surface area contributed by atoms with Gasteiger partial charge in [0.15, 0.2) is 0 Å². The van der Waals surface area contributed by atoms with Gasteiger partial charge >= 0.3 is 6.03 Å². The Balaban J connectivity index is 1.22. The topological polar surface area (TPSA) is 78.5 Å². The molecule has 4 amide bonds. The molecule has 1 spiro atoms. The summed E-state index contributed by atoms with van der Waals surface area (Å²) < 4.78 is 0. The van der Waals surface area contributed by atoms with E-state index in [1.165, 1.54) is 4.90 Å². The molecule has 3 aliphatic rings. The van der Waals surface area contributed by atoms with Crippen LogP contribution in [0, 0.1) is 5.92 Å². The Labute approximate surface area is 163 Å². The highest BCUT2D eigenvalue weighted by molar-refractivity contribution is 6.31. The fourth-order valence-corrected chi connectivity index (χ4v) is 4.66. The first-order valence-corrected chi connectivity index (χ1v) is 10.1. The van der Waals surface area contributed by atoms with Gasteiger partial charge in [0, 0.05) is 24.0 Å². The third-order valence-corrected chi connectivity index (χ3v) is 6.34. The molecule has 0 unspecified atom stereocenters. The van der Waals surface area contributed by atoms with E-state index < -0.39 is 5.54 Å². The van der Waals surface area contributed by atoms with Crippen molar-refractivity contribution in [3.05, 3.63) is 34.9 Å². The molecule has 1 aliphatic heterocycles. The lowest BCUT2D eigenvalue weighted by atomic mass is 9.98. The Morgan fingerprint density at radius 1 is 1.26 bits per heavy atom. The third-order valence-electron chi connectivity index (χ3n) is 5.99. The van der Waals surface area contributed by atoms with Gasteiger partial charge < -0.3 is 10.6 Å². The van der Waals surface area contributed by atoms with Crippen molar-refractivity contribution < 1.29 is 14.4 Å². The van der Waals surface area contributed by atoms with Crippen LogP contribution < -0.4 is 10.6 Å². The van der Waals surface area contributed by atoms with Crippen LogP contribution in [0.15, 0.2) is 24.3 Å². The number of nitrogens with zero attached hydrogens (tertiary/aromatic N) is 1. The number of hydrogen-bond donors (Lipinski definition) is 2. The first-order valence-electron chi connectivity index (χ1n) is 9.68. The van der Waals surface area contributed by atoms with Gasteiger partial charge in [-0.15, -0.1) is 0 Å². The summed E-state index contributed by atoms with van der Waals surface area (Å²) in [5, 5.41) is 6.51. The monoisotopic (exact) mass is 389 g/mol. The van der Waals surface area contributed by atoms with Crippen LogP contribution in [0.5, 0.6) is 0 Å². The van der Waals surface area contributed by atoms with Crippen LogP contribution in [0.3, 0.4) is 0 Å². The van der Waals surface area contributed by atoms with E-state index in [0.29, 0.717) is 24.5 Å². The molecular formula is C20H24ClN3O3. The molecule has 0 radical (unpaired) electrons. The zero-order chi connectivity index (χ0) is 19.0. The second-order valence-electron chi connectivity index (χ2n) is 7.79. The lowest BCUT2D eigenvalue weighted by Gasteiger charge is -2.20. The number of nitrogens with one attached hydrogen (secondary N) is 2. The Hall–Kier alpha value is -2.08. The largest absolute Gasteiger partial charge is 0.356 e. The molecule has 144 valence electrons. The SMILES string of the molecule is O=C(NCCCN1C(=O)NC2(CCCC2)C1=O)[C@@H]1C[C@H]1c1ccccc1Cl. The zero-order valence-electron chi connectivity index (χ0n) is 15.2. The fourth-order valence-electron chi connectivity index (χ4n) is 4.38. The Kier molecular flexibility index (Phi) is 4.84. The second kappa shape index (κ2) is 7.15. The van der Waals surface area contributed by atoms with E-state index in [4.69, 9.17) is 11.6 Å². The molecule has 1 saturated heterocycles. The van der Waals surface area contributed by atoms with Crippen LogP contribution in [-0.4, -0.2) is 41.4 Å². The minimum Gasteiger partial charge on any atom is -0.356 e. The lowest BCUT2D eigenvalue weighted by molar-refractivity contribution is -0.131. The molecule has 1 aromatic rings. The predicted octanol–water partition coefficient (Wildman–Crippen LogP) is 2.81. The summed E-state index contributed by atoms with van der Waals surface area (Å²) in [6.45, 7) is 0.792. The minimum atomic E-state index is -0.656. The highest BCUT2D eigenvalue weighted by Crippen LogP contribution is 2.49. The summed E-state index contributed by atoms with van der Waals surface area (Å²) in [6.07, 6.45) is 4.79. The van der Waals surface area contributed by atoms with E-state index in [1.54, 1.807) is 0 Å². The van der Waals surface area contributed by atoms with E-state index in [1.807, 2.05) is 24.3 Å². The Morgan fingerprint density at radius 3 is 2.74 bits per heavy atom. The number of halogens is 1. The van der Waals surface area contributed by atoms with Crippen molar-refractivity contribution in [2.24, 2.45) is 5.92 Å². The van der Waals surface area contributed by atoms with Gasteiger partial charge in [0.1, 0.15) is 5.54 Å². The summed E-state index contributed by atoms with van der Waals surface area (Å²) in [5.41, 5.74) is 0.372. The normalized spacial score (nSPS) is 25.7. The highest BCUT2D eigenvalue weighted by Gasteiger charge is 2.52. The summed E-state index contributed by atoms with van der Waals surface area (Å²) >= 11 is 6.20. The lowest BCUT2D eigenvalue weighted by Crippen LogP contribution is -2.44. The van der Waals surface area contributed by atoms with Crippen LogP contribution in [0.25, 0.3) is 0 Å². The minimum absolute atomic E-state index is 0.0179. The number of urea groups is 1. The molecule has 3 fully saturated rings. The summed E-state index contributed by atoms with van der Waals surface area (Å²) in [7, 11) is 0. The maximum absolute atomic E-state index is 12.6. The van der Waals surface area contributed by atoms with E-state index >= 15 is 0 Å². The van der Waals surface area contributed by atoms with Crippen molar-refractivity contribution in [3.8, 4) is 0 Å². The van der Waals surface area contributed by atoms with Crippen LogP contribution in [0.4, 0.5) is 4.79 Å². The summed E-state index contributed by atoms with van der Waals surface area (Å²) in [5.74, 6) is 0.0666. The Morgan fingerprint density at radius 2 is 2.00 bits per heavy atom. The van der Waals surface area contributed by atoms with Gasteiger partial charge in [-0.25, -0.2) is 4.79 Å². The predicted molar refractivity (Wildman–Crippen MR) is 101 cm³/mol. The third kappa shape index (κ3) is 3.43. The molecule has 27 heavy (non-hydrogen) atoms. The van der Waals surface area contributed by atoms with Crippen LogP contribution in [0.1, 0.15) is 50.0 Å². The van der Waals surface area contributed by atoms with Gasteiger partial charge in [0.2, 0.25) is 5.91 Å². The average Bonchev–Trinajstić information content (AvgIpc) is 3.25. The number of benzene rings is 1. The molecule has 6 nitrogen and oxygen atoms in total. The van der Waals surface area contributed by atoms with Crippen LogP contribution in [0.2, 0.25) is 5.02 Å². The standard InChI is InChI=1S/C20H24ClN3O3/c21-16-7-2-1-6-13(16)14-12-15(14)17(25)22-10-5-11-24-18(26)20(23-19(24)27)8-3-4-9-20/h1-2,6-7,14-15H,3-5,8-12H2,(H,22,25)(H,23,27)/t14-,15+/m0/s1. The molecular weight excluding hydrogens is 366 g/mol. The molecule has 4 rings (SSSR count). The maximum atomic E-state index is 12.6. The van der Waals surface area contributed by atoms with Gasteiger partial charge in [-0.2, -0.15) is 0 Å². The first kappa shape index (κ1) is 18.3. The van der Waals surface area contributed by atoms with Gasteiger partial charge in [-0.1, -0.05) is 42.6 Å². The van der Waals surface area contributed by atoms with Crippen molar-refractivity contribution in [3.63, 3.8) is 0 Å². The molecule has 1 heterocycles. The van der Waals surface area contributed by atoms with Crippen molar-refractivity contribution >= 4 is 29.4 Å². The number of rotatable bonds is 6. The zero-order valence-corrected chi connectivity index (χ0v) is 15.9. The van der Waals surface area contributed by atoms with Gasteiger partial charge in [0.25, 0.3) is 5.91 Å². The molecule has 0 bridgehead atoms. The molecule has 1 aromatic carbocycles. The number of carbonyl (C=O) groups is 3. The van der Waals surface area contributed by atoms with E-state index in [0.717, 1.165) is 37.7 Å². The molecule has 7 heteroatoms. The highest BCUT2D eigenvalue weighted by atomic mass is 35.5. The van der Waals surface area contributed by atoms with Crippen LogP contribution in [-0.2, 0) is 9.59 Å². The fraction of sp³-hybridized carbons (Fsp3) is 0.550. The Bertz CT molecular complexity index is 775. The van der Waals surface area contributed by atoms with Gasteiger partial charge in [-0.05, 0) is 43.2 Å². The van der Waals surface area contributed by atoms with E-state index in [9.17, 15) is 14.4 Å². The number of hydrogen-bond acceptors (Lipinski definition) is 3. The average molecular weight is 390 g/mol. The number of amides is 4. The number of carbonyl (C=O) groups excluding carboxylic acids is 3. The summed E-state index contributed by atoms with van der Waals surface area (Å²) in [4.78, 5) is 38.3. The van der Waals surface area contributed by atoms with Crippen LogP contribution >= 0.6 is 11.6 Å². The van der Waals surface area contributed by atoms with Crippen molar-refractivity contribution in [2.45, 2.75) is 50.0 Å². The van der Waals surface area contributed by atoms with Crippen molar-refractivity contribution in [1.29, 1.82) is 0 Å². The molecule has 2 saturated carbocycles. The number of imide groups is 1. The molecule has 2 N–H and O–H groups in total. The second-order valence-corrected chi connectivity index (χ2v) is 8.20. The molecule has 2 atom stereocenters. The van der Waals surface area contributed by atoms with Crippen molar-refractivity contribution in [2.75, 3.05) is 13.1 Å². The van der Waals surface area contributed by atoms with E-state index in [-0.39, 0.29) is 29.7 Å². The maximum Gasteiger partial charge on any atom is 0.325 e. The van der Waals surface area contributed by atoms with Gasteiger partial charge in [-0.3, -0.25) is 14.5 Å². The molecule has 0 aromatic heterocycles. The molecule has 2 aliphatic carbocycles. The smallest absolute Gasteiger partial charge is 0.325 e. The first-order chi connectivity index (χ1) is 13.0. The van der Waals surface area contributed by atoms with Gasteiger partial charge in [0.05, 0.1) is 0 Å². The van der Waals surface area contributed by atoms with Crippen molar-refractivity contribution in [1.82, 2.24) is 15.5 Å². The summed E-state index contributed by atoms with van der Waals surface area (Å²) in [6, 6.07) is 7.34. The quantitative estimate of drug-likeness (QED) is 0.580. The van der Waals surface area contributed by atoms with E-state index in [2.05, 4.69) is 10.6 Å².